The monoisotopic (exact) mass is 299 g/mol. The SMILES string of the molecule is Cc1sc2ncnc(N3CC(Cn4ccnc4)C3)c2c1C. The fourth-order valence-electron chi connectivity index (χ4n) is 2.95. The molecule has 0 atom stereocenters. The molecule has 0 radical (unpaired) electrons. The molecule has 0 N–H and O–H groups in total. The summed E-state index contributed by atoms with van der Waals surface area (Å²) >= 11 is 1.76. The van der Waals surface area contributed by atoms with Crippen molar-refractivity contribution in [1.29, 1.82) is 0 Å². The molecule has 21 heavy (non-hydrogen) atoms. The van der Waals surface area contributed by atoms with E-state index in [2.05, 4.69) is 38.3 Å². The number of rotatable bonds is 3. The van der Waals surface area contributed by atoms with Gasteiger partial charge < -0.3 is 9.47 Å². The first-order valence-corrected chi connectivity index (χ1v) is 7.95. The van der Waals surface area contributed by atoms with Crippen molar-refractivity contribution in [2.75, 3.05) is 18.0 Å². The summed E-state index contributed by atoms with van der Waals surface area (Å²) in [6.45, 7) is 7.47. The van der Waals surface area contributed by atoms with Crippen LogP contribution in [0.5, 0.6) is 0 Å². The number of imidazole rings is 1. The van der Waals surface area contributed by atoms with E-state index in [1.165, 1.54) is 15.8 Å². The Bertz CT molecular complexity index is 771. The molecule has 1 aliphatic heterocycles. The zero-order chi connectivity index (χ0) is 14.4. The summed E-state index contributed by atoms with van der Waals surface area (Å²) in [6, 6.07) is 0. The molecule has 0 aliphatic carbocycles. The lowest BCUT2D eigenvalue weighted by Gasteiger charge is -2.40. The third kappa shape index (κ3) is 2.10. The van der Waals surface area contributed by atoms with E-state index in [1.807, 2.05) is 18.7 Å². The van der Waals surface area contributed by atoms with Gasteiger partial charge in [0.05, 0.1) is 11.7 Å². The third-order valence-corrected chi connectivity index (χ3v) is 5.35. The van der Waals surface area contributed by atoms with Gasteiger partial charge in [0.2, 0.25) is 0 Å². The largest absolute Gasteiger partial charge is 0.355 e. The van der Waals surface area contributed by atoms with Crippen molar-refractivity contribution < 1.29 is 0 Å². The summed E-state index contributed by atoms with van der Waals surface area (Å²) in [5, 5.41) is 1.24. The van der Waals surface area contributed by atoms with Gasteiger partial charge in [0.15, 0.2) is 0 Å². The van der Waals surface area contributed by atoms with Crippen molar-refractivity contribution in [3.05, 3.63) is 35.5 Å². The highest BCUT2D eigenvalue weighted by Gasteiger charge is 2.30. The smallest absolute Gasteiger partial charge is 0.141 e. The molecule has 1 aliphatic rings. The van der Waals surface area contributed by atoms with Crippen LogP contribution in [-0.2, 0) is 6.54 Å². The Morgan fingerprint density at radius 2 is 2.14 bits per heavy atom. The second kappa shape index (κ2) is 4.80. The van der Waals surface area contributed by atoms with Crippen molar-refractivity contribution in [1.82, 2.24) is 19.5 Å². The molecule has 0 bridgehead atoms. The van der Waals surface area contributed by atoms with Crippen LogP contribution in [0.25, 0.3) is 10.2 Å². The standard InChI is InChI=1S/C15H17N5S/c1-10-11(2)21-15-13(10)14(17-8-18-15)20-6-12(7-20)5-19-4-3-16-9-19/h3-4,8-9,12H,5-7H2,1-2H3. The van der Waals surface area contributed by atoms with E-state index in [1.54, 1.807) is 17.7 Å². The van der Waals surface area contributed by atoms with E-state index in [0.717, 1.165) is 30.3 Å². The van der Waals surface area contributed by atoms with Crippen molar-refractivity contribution in [3.8, 4) is 0 Å². The van der Waals surface area contributed by atoms with E-state index in [4.69, 9.17) is 0 Å². The molecule has 4 rings (SSSR count). The molecule has 3 aromatic rings. The summed E-state index contributed by atoms with van der Waals surface area (Å²) in [5.74, 6) is 1.77. The van der Waals surface area contributed by atoms with Crippen LogP contribution in [-0.4, -0.2) is 32.6 Å². The third-order valence-electron chi connectivity index (χ3n) is 4.23. The van der Waals surface area contributed by atoms with Gasteiger partial charge >= 0.3 is 0 Å². The molecule has 0 spiro atoms. The highest BCUT2D eigenvalue weighted by molar-refractivity contribution is 7.18. The number of aromatic nitrogens is 4. The molecule has 4 heterocycles. The number of hydrogen-bond donors (Lipinski definition) is 0. The first-order valence-electron chi connectivity index (χ1n) is 7.14. The van der Waals surface area contributed by atoms with Gasteiger partial charge in [-0.3, -0.25) is 0 Å². The molecule has 0 amide bonds. The average Bonchev–Trinajstić information content (AvgIpc) is 3.03. The lowest BCUT2D eigenvalue weighted by atomic mass is 9.99. The first kappa shape index (κ1) is 12.8. The molecular formula is C15H17N5S. The molecule has 0 saturated carbocycles. The zero-order valence-electron chi connectivity index (χ0n) is 12.2. The maximum atomic E-state index is 4.54. The number of nitrogens with zero attached hydrogens (tertiary/aromatic N) is 5. The number of fused-ring (bicyclic) bond motifs is 1. The highest BCUT2D eigenvalue weighted by Crippen LogP contribution is 2.36. The highest BCUT2D eigenvalue weighted by atomic mass is 32.1. The van der Waals surface area contributed by atoms with Gasteiger partial charge in [-0.2, -0.15) is 0 Å². The Morgan fingerprint density at radius 3 is 2.90 bits per heavy atom. The van der Waals surface area contributed by atoms with Gasteiger partial charge in [0, 0.05) is 42.8 Å². The molecule has 1 saturated heterocycles. The summed E-state index contributed by atoms with van der Waals surface area (Å²) in [4.78, 5) is 17.9. The maximum absolute atomic E-state index is 4.54. The van der Waals surface area contributed by atoms with Gasteiger partial charge in [0.1, 0.15) is 17.0 Å². The van der Waals surface area contributed by atoms with Crippen LogP contribution in [0.15, 0.2) is 25.0 Å². The van der Waals surface area contributed by atoms with Crippen LogP contribution in [0.2, 0.25) is 0 Å². The molecule has 1 fully saturated rings. The number of anilines is 1. The summed E-state index contributed by atoms with van der Waals surface area (Å²) in [7, 11) is 0. The lowest BCUT2D eigenvalue weighted by molar-refractivity contribution is 0.356. The van der Waals surface area contributed by atoms with Crippen LogP contribution < -0.4 is 4.90 Å². The summed E-state index contributed by atoms with van der Waals surface area (Å²) < 4.78 is 2.15. The van der Waals surface area contributed by atoms with Gasteiger partial charge in [0.25, 0.3) is 0 Å². The predicted octanol–water partition coefficient (Wildman–Crippen LogP) is 2.64. The molecule has 108 valence electrons. The van der Waals surface area contributed by atoms with Crippen molar-refractivity contribution in [3.63, 3.8) is 0 Å². The second-order valence-corrected chi connectivity index (χ2v) is 6.89. The zero-order valence-corrected chi connectivity index (χ0v) is 13.0. The minimum atomic E-state index is 0.671. The van der Waals surface area contributed by atoms with E-state index < -0.39 is 0 Å². The van der Waals surface area contributed by atoms with Crippen LogP contribution in [0.3, 0.4) is 0 Å². The topological polar surface area (TPSA) is 46.8 Å². The van der Waals surface area contributed by atoms with Gasteiger partial charge in [-0.15, -0.1) is 11.3 Å². The Balaban J connectivity index is 1.56. The molecular weight excluding hydrogens is 282 g/mol. The number of thiophene rings is 1. The molecule has 3 aromatic heterocycles. The quantitative estimate of drug-likeness (QED) is 0.746. The van der Waals surface area contributed by atoms with Crippen molar-refractivity contribution in [2.24, 2.45) is 5.92 Å². The van der Waals surface area contributed by atoms with Crippen LogP contribution in [0, 0.1) is 19.8 Å². The predicted molar refractivity (Wildman–Crippen MR) is 84.8 cm³/mol. The van der Waals surface area contributed by atoms with Gasteiger partial charge in [-0.05, 0) is 19.4 Å². The summed E-state index contributed by atoms with van der Waals surface area (Å²) in [6.07, 6.45) is 7.44. The Kier molecular flexibility index (Phi) is 2.92. The molecule has 6 heteroatoms. The van der Waals surface area contributed by atoms with E-state index in [-0.39, 0.29) is 0 Å². The van der Waals surface area contributed by atoms with Crippen molar-refractivity contribution in [2.45, 2.75) is 20.4 Å². The first-order chi connectivity index (χ1) is 10.2. The second-order valence-electron chi connectivity index (χ2n) is 5.69. The Hall–Kier alpha value is -1.95. The number of hydrogen-bond acceptors (Lipinski definition) is 5. The fraction of sp³-hybridized carbons (Fsp3) is 0.400. The van der Waals surface area contributed by atoms with Crippen LogP contribution in [0.4, 0.5) is 5.82 Å². The van der Waals surface area contributed by atoms with E-state index in [9.17, 15) is 0 Å². The van der Waals surface area contributed by atoms with Crippen LogP contribution in [0.1, 0.15) is 10.4 Å². The van der Waals surface area contributed by atoms with Crippen LogP contribution >= 0.6 is 11.3 Å². The minimum Gasteiger partial charge on any atom is -0.355 e. The molecule has 0 unspecified atom stereocenters. The fourth-order valence-corrected chi connectivity index (χ4v) is 3.95. The summed E-state index contributed by atoms with van der Waals surface area (Å²) in [5.41, 5.74) is 1.32. The maximum Gasteiger partial charge on any atom is 0.141 e. The Labute approximate surface area is 127 Å². The minimum absolute atomic E-state index is 0.671. The average molecular weight is 299 g/mol. The van der Waals surface area contributed by atoms with Gasteiger partial charge in [-0.1, -0.05) is 0 Å². The van der Waals surface area contributed by atoms with Crippen molar-refractivity contribution >= 4 is 27.4 Å². The lowest BCUT2D eigenvalue weighted by Crippen LogP contribution is -2.49. The molecule has 0 aromatic carbocycles. The number of aryl methyl sites for hydroxylation is 2. The normalized spacial score (nSPS) is 15.6. The Morgan fingerprint density at radius 1 is 1.29 bits per heavy atom. The molecule has 5 nitrogen and oxygen atoms in total. The van der Waals surface area contributed by atoms with E-state index in [0.29, 0.717) is 5.92 Å². The van der Waals surface area contributed by atoms with E-state index >= 15 is 0 Å². The van der Waals surface area contributed by atoms with Gasteiger partial charge in [-0.25, -0.2) is 15.0 Å².